The van der Waals surface area contributed by atoms with E-state index in [4.69, 9.17) is 0 Å². The number of rotatable bonds is 4. The molecule has 0 spiro atoms. The van der Waals surface area contributed by atoms with Crippen molar-refractivity contribution in [1.82, 2.24) is 5.43 Å². The van der Waals surface area contributed by atoms with Crippen LogP contribution >= 0.6 is 27.3 Å². The summed E-state index contributed by atoms with van der Waals surface area (Å²) in [5, 5.41) is 2.69. The second kappa shape index (κ2) is 5.27. The maximum absolute atomic E-state index is 12.7. The minimum atomic E-state index is -6.38. The van der Waals surface area contributed by atoms with Gasteiger partial charge < -0.3 is 0 Å². The summed E-state index contributed by atoms with van der Waals surface area (Å²) >= 11 is 4.07. The van der Waals surface area contributed by atoms with Gasteiger partial charge in [-0.05, 0) is 28.1 Å². The van der Waals surface area contributed by atoms with Crippen LogP contribution in [0.25, 0.3) is 0 Å². The molecule has 1 rings (SSSR count). The normalized spacial score (nSPS) is 14.1. The van der Waals surface area contributed by atoms with Gasteiger partial charge in [-0.1, -0.05) is 0 Å². The van der Waals surface area contributed by atoms with Crippen LogP contribution in [0, 0.1) is 0 Å². The molecule has 0 atom stereocenters. The first-order valence-corrected chi connectivity index (χ1v) is 5.96. The molecule has 0 fully saturated rings. The second-order valence-corrected chi connectivity index (χ2v) is 5.65. The highest BCUT2D eigenvalue weighted by Gasteiger charge is 2.73. The molecular formula is C8H4BrF7N2S. The van der Waals surface area contributed by atoms with Crippen molar-refractivity contribution in [2.24, 2.45) is 5.10 Å². The Balaban J connectivity index is 2.78. The molecule has 2 nitrogen and oxygen atoms in total. The molecule has 0 aliphatic rings. The lowest BCUT2D eigenvalue weighted by atomic mass is 10.3. The number of nitrogens with zero attached hydrogens (tertiary/aromatic N) is 1. The summed E-state index contributed by atoms with van der Waals surface area (Å²) in [4.78, 5) is 0.283. The predicted octanol–water partition coefficient (Wildman–Crippen LogP) is 4.22. The van der Waals surface area contributed by atoms with Crippen LogP contribution in [0.4, 0.5) is 30.7 Å². The van der Waals surface area contributed by atoms with E-state index in [0.29, 0.717) is 15.4 Å². The van der Waals surface area contributed by atoms with Crippen molar-refractivity contribution in [3.63, 3.8) is 0 Å². The molecule has 0 radical (unpaired) electrons. The molecule has 0 amide bonds. The van der Waals surface area contributed by atoms with Gasteiger partial charge in [-0.25, -0.2) is 5.43 Å². The third kappa shape index (κ3) is 3.59. The van der Waals surface area contributed by atoms with E-state index in [1.54, 1.807) is 0 Å². The standard InChI is InChI=1S/C8H4BrF7N2S/c9-5-2-1-4(19-5)3-17-18-8(15,16)6(10,11)7(12,13)14/h1-3,18H/b17-3+. The number of hydrogen-bond donors (Lipinski definition) is 1. The Labute approximate surface area is 114 Å². The van der Waals surface area contributed by atoms with Crippen molar-refractivity contribution in [1.29, 1.82) is 0 Å². The molecule has 1 aromatic rings. The molecule has 1 aromatic heterocycles. The van der Waals surface area contributed by atoms with Crippen molar-refractivity contribution >= 4 is 33.5 Å². The molecule has 0 aliphatic heterocycles. The molecule has 1 heterocycles. The molecule has 108 valence electrons. The maximum atomic E-state index is 12.7. The molecule has 0 bridgehead atoms. The fourth-order valence-corrected chi connectivity index (χ4v) is 2.12. The lowest BCUT2D eigenvalue weighted by molar-refractivity contribution is -0.361. The van der Waals surface area contributed by atoms with E-state index in [1.807, 2.05) is 0 Å². The minimum Gasteiger partial charge on any atom is -0.242 e. The quantitative estimate of drug-likeness (QED) is 0.364. The molecular weight excluding hydrogens is 369 g/mol. The van der Waals surface area contributed by atoms with E-state index in [-0.39, 0.29) is 4.88 Å². The summed E-state index contributed by atoms with van der Waals surface area (Å²) in [5.74, 6) is -6.23. The molecule has 0 aromatic carbocycles. The Morgan fingerprint density at radius 2 is 1.68 bits per heavy atom. The predicted molar refractivity (Wildman–Crippen MR) is 58.7 cm³/mol. The van der Waals surface area contributed by atoms with Gasteiger partial charge >= 0.3 is 18.1 Å². The van der Waals surface area contributed by atoms with Crippen molar-refractivity contribution in [2.75, 3.05) is 0 Å². The van der Waals surface area contributed by atoms with Gasteiger partial charge in [0.05, 0.1) is 10.0 Å². The van der Waals surface area contributed by atoms with Crippen LogP contribution in [0.1, 0.15) is 4.88 Å². The van der Waals surface area contributed by atoms with Gasteiger partial charge in [-0.2, -0.15) is 35.8 Å². The van der Waals surface area contributed by atoms with Crippen LogP contribution in [0.3, 0.4) is 0 Å². The van der Waals surface area contributed by atoms with Gasteiger partial charge in [-0.3, -0.25) is 0 Å². The third-order valence-electron chi connectivity index (χ3n) is 1.74. The van der Waals surface area contributed by atoms with Crippen LogP contribution in [0.5, 0.6) is 0 Å². The zero-order chi connectivity index (χ0) is 14.9. The highest BCUT2D eigenvalue weighted by molar-refractivity contribution is 9.11. The number of halogens is 8. The lowest BCUT2D eigenvalue weighted by Crippen LogP contribution is -2.58. The zero-order valence-corrected chi connectivity index (χ0v) is 11.0. The summed E-state index contributed by atoms with van der Waals surface area (Å²) in [7, 11) is 0. The first-order chi connectivity index (χ1) is 8.47. The largest absolute Gasteiger partial charge is 0.462 e. The fourth-order valence-electron chi connectivity index (χ4n) is 0.823. The molecule has 19 heavy (non-hydrogen) atoms. The SMILES string of the molecule is FC(F)(F)C(F)(F)C(F)(F)N/N=C/c1ccc(Br)s1. The van der Waals surface area contributed by atoms with Crippen molar-refractivity contribution in [3.05, 3.63) is 20.8 Å². The topological polar surface area (TPSA) is 24.4 Å². The van der Waals surface area contributed by atoms with Crippen molar-refractivity contribution in [3.8, 4) is 0 Å². The van der Waals surface area contributed by atoms with Gasteiger partial charge in [0, 0.05) is 4.88 Å². The van der Waals surface area contributed by atoms with E-state index >= 15 is 0 Å². The minimum absolute atomic E-state index is 0.283. The number of hydrazone groups is 1. The molecule has 0 saturated carbocycles. The van der Waals surface area contributed by atoms with Crippen LogP contribution < -0.4 is 5.43 Å². The Kier molecular flexibility index (Phi) is 4.50. The number of alkyl halides is 7. The second-order valence-electron chi connectivity index (χ2n) is 3.16. The Hall–Kier alpha value is -0.840. The maximum Gasteiger partial charge on any atom is 0.462 e. The summed E-state index contributed by atoms with van der Waals surface area (Å²) in [6, 6.07) is -2.62. The molecule has 1 N–H and O–H groups in total. The average Bonchev–Trinajstić information content (AvgIpc) is 2.62. The summed E-state index contributed by atoms with van der Waals surface area (Å²) < 4.78 is 86.1. The van der Waals surface area contributed by atoms with E-state index in [1.165, 1.54) is 12.1 Å². The van der Waals surface area contributed by atoms with Crippen LogP contribution in [-0.4, -0.2) is 24.4 Å². The molecule has 11 heteroatoms. The number of nitrogens with one attached hydrogen (secondary N) is 1. The van der Waals surface area contributed by atoms with Crippen LogP contribution in [0.15, 0.2) is 21.0 Å². The first-order valence-electron chi connectivity index (χ1n) is 4.35. The smallest absolute Gasteiger partial charge is 0.242 e. The fraction of sp³-hybridized carbons (Fsp3) is 0.375. The Morgan fingerprint density at radius 3 is 2.11 bits per heavy atom. The van der Waals surface area contributed by atoms with E-state index in [0.717, 1.165) is 11.3 Å². The van der Waals surface area contributed by atoms with Crippen molar-refractivity contribution < 1.29 is 30.7 Å². The van der Waals surface area contributed by atoms with Crippen molar-refractivity contribution in [2.45, 2.75) is 18.1 Å². The van der Waals surface area contributed by atoms with Crippen LogP contribution in [0.2, 0.25) is 0 Å². The monoisotopic (exact) mass is 372 g/mol. The Bertz CT molecular complexity index is 468. The van der Waals surface area contributed by atoms with Crippen LogP contribution in [-0.2, 0) is 0 Å². The van der Waals surface area contributed by atoms with E-state index in [2.05, 4.69) is 21.0 Å². The highest BCUT2D eigenvalue weighted by atomic mass is 79.9. The van der Waals surface area contributed by atoms with E-state index in [9.17, 15) is 30.7 Å². The van der Waals surface area contributed by atoms with E-state index < -0.39 is 18.1 Å². The highest BCUT2D eigenvalue weighted by Crippen LogP contribution is 2.44. The van der Waals surface area contributed by atoms with Gasteiger partial charge in [0.15, 0.2) is 0 Å². The van der Waals surface area contributed by atoms with Gasteiger partial charge in [0.25, 0.3) is 0 Å². The van der Waals surface area contributed by atoms with Gasteiger partial charge in [0.1, 0.15) is 0 Å². The Morgan fingerprint density at radius 1 is 1.11 bits per heavy atom. The molecule has 0 saturated heterocycles. The first kappa shape index (κ1) is 16.2. The van der Waals surface area contributed by atoms with Gasteiger partial charge in [0.2, 0.25) is 0 Å². The third-order valence-corrected chi connectivity index (χ3v) is 3.30. The summed E-state index contributed by atoms with van der Waals surface area (Å²) in [6.45, 7) is 0. The van der Waals surface area contributed by atoms with Gasteiger partial charge in [-0.15, -0.1) is 11.3 Å². The zero-order valence-electron chi connectivity index (χ0n) is 8.61. The summed E-state index contributed by atoms with van der Waals surface area (Å²) in [6.07, 6.45) is -5.68. The number of thiophene rings is 1. The number of hydrogen-bond acceptors (Lipinski definition) is 3. The average molecular weight is 373 g/mol. The lowest BCUT2D eigenvalue weighted by Gasteiger charge is -2.27. The summed E-state index contributed by atoms with van der Waals surface area (Å²) in [5.41, 5.74) is 0.521. The molecule has 0 aliphatic carbocycles. The molecule has 0 unspecified atom stereocenters.